The molecule has 0 spiro atoms. The van der Waals surface area contributed by atoms with E-state index >= 15 is 0 Å². The molecule has 0 bridgehead atoms. The molecule has 0 aliphatic carbocycles. The van der Waals surface area contributed by atoms with Gasteiger partial charge in [0.25, 0.3) is 0 Å². The molecular weight excluding hydrogens is 288 g/mol. The van der Waals surface area contributed by atoms with Crippen LogP contribution in [-0.2, 0) is 6.54 Å². The molecule has 4 heteroatoms. The molecule has 0 saturated heterocycles. The Morgan fingerprint density at radius 3 is 2.62 bits per heavy atom. The van der Waals surface area contributed by atoms with Crippen molar-refractivity contribution in [3.8, 4) is 0 Å². The minimum absolute atomic E-state index is 0.544. The van der Waals surface area contributed by atoms with Gasteiger partial charge >= 0.3 is 0 Å². The van der Waals surface area contributed by atoms with Crippen LogP contribution >= 0.6 is 27.5 Å². The van der Waals surface area contributed by atoms with E-state index in [-0.39, 0.29) is 0 Å². The van der Waals surface area contributed by atoms with Gasteiger partial charge in [-0.25, -0.2) is 0 Å². The first-order valence-corrected chi connectivity index (χ1v) is 6.64. The Balaban J connectivity index is 2.26. The Morgan fingerprint density at radius 1 is 1.25 bits per heavy atom. The normalized spacial score (nSPS) is 11.1. The Kier molecular flexibility index (Phi) is 6.36. The lowest BCUT2D eigenvalue weighted by Gasteiger charge is -2.09. The van der Waals surface area contributed by atoms with Gasteiger partial charge in [0.2, 0.25) is 0 Å². The molecule has 90 valence electrons. The molecule has 1 rings (SSSR count). The summed E-state index contributed by atoms with van der Waals surface area (Å²) in [7, 11) is 0. The summed E-state index contributed by atoms with van der Waals surface area (Å²) in [5, 5.41) is 7.50. The molecule has 0 saturated carbocycles. The molecule has 2 nitrogen and oxygen atoms in total. The van der Waals surface area contributed by atoms with Gasteiger partial charge in [0, 0.05) is 35.2 Å². The number of halogens is 2. The largest absolute Gasteiger partial charge is 0.313 e. The maximum atomic E-state index is 5.96. The summed E-state index contributed by atoms with van der Waals surface area (Å²) in [5.74, 6) is 0. The third-order valence-corrected chi connectivity index (χ3v) is 2.78. The quantitative estimate of drug-likeness (QED) is 0.789. The van der Waals surface area contributed by atoms with Crippen LogP contribution in [0, 0.1) is 0 Å². The molecule has 16 heavy (non-hydrogen) atoms. The number of hydrogen-bond donors (Lipinski definition) is 2. The smallest absolute Gasteiger partial charge is 0.0420 e. The van der Waals surface area contributed by atoms with Crippen molar-refractivity contribution in [1.29, 1.82) is 0 Å². The summed E-state index contributed by atoms with van der Waals surface area (Å²) in [6.07, 6.45) is 0. The van der Waals surface area contributed by atoms with Crippen LogP contribution in [0.25, 0.3) is 0 Å². The van der Waals surface area contributed by atoms with Crippen LogP contribution in [0.5, 0.6) is 0 Å². The highest BCUT2D eigenvalue weighted by atomic mass is 79.9. The predicted octanol–water partition coefficient (Wildman–Crippen LogP) is 3.19. The maximum absolute atomic E-state index is 5.96. The zero-order chi connectivity index (χ0) is 12.0. The van der Waals surface area contributed by atoms with Crippen molar-refractivity contribution in [1.82, 2.24) is 10.6 Å². The van der Waals surface area contributed by atoms with Gasteiger partial charge in [0.15, 0.2) is 0 Å². The molecule has 0 unspecified atom stereocenters. The van der Waals surface area contributed by atoms with Gasteiger partial charge in [-0.05, 0) is 23.8 Å². The van der Waals surface area contributed by atoms with Crippen molar-refractivity contribution >= 4 is 27.5 Å². The molecule has 0 fully saturated rings. The van der Waals surface area contributed by atoms with Crippen LogP contribution in [0.3, 0.4) is 0 Å². The monoisotopic (exact) mass is 304 g/mol. The van der Waals surface area contributed by atoms with Crippen LogP contribution in [0.1, 0.15) is 19.4 Å². The number of hydrogen-bond acceptors (Lipinski definition) is 2. The SMILES string of the molecule is CC(C)NCCNCc1cc(Cl)cc(Br)c1. The second-order valence-electron chi connectivity index (χ2n) is 4.06. The molecule has 0 amide bonds. The zero-order valence-corrected chi connectivity index (χ0v) is 12.0. The summed E-state index contributed by atoms with van der Waals surface area (Å²) in [5.41, 5.74) is 1.20. The van der Waals surface area contributed by atoms with Gasteiger partial charge in [0.05, 0.1) is 0 Å². The van der Waals surface area contributed by atoms with E-state index < -0.39 is 0 Å². The molecule has 1 aromatic carbocycles. The highest BCUT2D eigenvalue weighted by molar-refractivity contribution is 9.10. The molecule has 0 aliphatic heterocycles. The maximum Gasteiger partial charge on any atom is 0.0420 e. The minimum Gasteiger partial charge on any atom is -0.313 e. The van der Waals surface area contributed by atoms with Gasteiger partial charge in [0.1, 0.15) is 0 Å². The van der Waals surface area contributed by atoms with Crippen LogP contribution in [0.4, 0.5) is 0 Å². The van der Waals surface area contributed by atoms with E-state index in [9.17, 15) is 0 Å². The lowest BCUT2D eigenvalue weighted by molar-refractivity contribution is 0.555. The van der Waals surface area contributed by atoms with E-state index in [0.717, 1.165) is 29.1 Å². The average molecular weight is 306 g/mol. The van der Waals surface area contributed by atoms with Crippen molar-refractivity contribution in [2.24, 2.45) is 0 Å². The first-order chi connectivity index (χ1) is 7.58. The van der Waals surface area contributed by atoms with Crippen molar-refractivity contribution in [3.63, 3.8) is 0 Å². The van der Waals surface area contributed by atoms with Crippen molar-refractivity contribution in [2.75, 3.05) is 13.1 Å². The summed E-state index contributed by atoms with van der Waals surface area (Å²) in [4.78, 5) is 0. The lowest BCUT2D eigenvalue weighted by atomic mass is 10.2. The minimum atomic E-state index is 0.544. The van der Waals surface area contributed by atoms with Crippen LogP contribution in [0.15, 0.2) is 22.7 Å². The van der Waals surface area contributed by atoms with Crippen LogP contribution in [0.2, 0.25) is 5.02 Å². The van der Waals surface area contributed by atoms with Crippen LogP contribution < -0.4 is 10.6 Å². The van der Waals surface area contributed by atoms with E-state index in [2.05, 4.69) is 46.5 Å². The molecule has 0 aromatic heterocycles. The summed E-state index contributed by atoms with van der Waals surface area (Å²) in [6, 6.07) is 6.50. The second kappa shape index (κ2) is 7.28. The first kappa shape index (κ1) is 14.0. The van der Waals surface area contributed by atoms with Gasteiger partial charge in [-0.3, -0.25) is 0 Å². The Bertz CT molecular complexity index is 309. The van der Waals surface area contributed by atoms with Gasteiger partial charge in [-0.1, -0.05) is 41.4 Å². The molecule has 0 atom stereocenters. The predicted molar refractivity (Wildman–Crippen MR) is 74.0 cm³/mol. The van der Waals surface area contributed by atoms with Crippen molar-refractivity contribution in [2.45, 2.75) is 26.4 Å². The van der Waals surface area contributed by atoms with E-state index in [1.54, 1.807) is 0 Å². The third-order valence-electron chi connectivity index (χ3n) is 2.11. The number of nitrogens with one attached hydrogen (secondary N) is 2. The highest BCUT2D eigenvalue weighted by Gasteiger charge is 1.97. The molecular formula is C12H18BrClN2. The standard InChI is InChI=1S/C12H18BrClN2/c1-9(2)16-4-3-15-8-10-5-11(13)7-12(14)6-10/h5-7,9,15-16H,3-4,8H2,1-2H3. The van der Waals surface area contributed by atoms with E-state index in [0.29, 0.717) is 6.04 Å². The Labute approximate surface area is 111 Å². The number of benzene rings is 1. The summed E-state index contributed by atoms with van der Waals surface area (Å²) < 4.78 is 1.03. The Hall–Kier alpha value is -0.0900. The lowest BCUT2D eigenvalue weighted by Crippen LogP contribution is -2.31. The fraction of sp³-hybridized carbons (Fsp3) is 0.500. The van der Waals surface area contributed by atoms with Gasteiger partial charge in [-0.2, -0.15) is 0 Å². The molecule has 2 N–H and O–H groups in total. The molecule has 0 aliphatic rings. The molecule has 0 heterocycles. The summed E-state index contributed by atoms with van der Waals surface area (Å²) in [6.45, 7) is 7.09. The fourth-order valence-corrected chi connectivity index (χ4v) is 2.33. The van der Waals surface area contributed by atoms with E-state index in [4.69, 9.17) is 11.6 Å². The van der Waals surface area contributed by atoms with E-state index in [1.165, 1.54) is 5.56 Å². The van der Waals surface area contributed by atoms with Gasteiger partial charge in [-0.15, -0.1) is 0 Å². The van der Waals surface area contributed by atoms with Gasteiger partial charge < -0.3 is 10.6 Å². The summed E-state index contributed by atoms with van der Waals surface area (Å²) >= 11 is 9.39. The zero-order valence-electron chi connectivity index (χ0n) is 9.69. The Morgan fingerprint density at radius 2 is 2.00 bits per heavy atom. The van der Waals surface area contributed by atoms with Crippen molar-refractivity contribution < 1.29 is 0 Å². The molecule has 0 radical (unpaired) electrons. The highest BCUT2D eigenvalue weighted by Crippen LogP contribution is 2.19. The fourth-order valence-electron chi connectivity index (χ4n) is 1.39. The van der Waals surface area contributed by atoms with E-state index in [1.807, 2.05) is 12.1 Å². The first-order valence-electron chi connectivity index (χ1n) is 5.47. The number of rotatable bonds is 6. The average Bonchev–Trinajstić information content (AvgIpc) is 2.15. The third kappa shape index (κ3) is 5.85. The topological polar surface area (TPSA) is 24.1 Å². The van der Waals surface area contributed by atoms with Crippen LogP contribution in [-0.4, -0.2) is 19.1 Å². The van der Waals surface area contributed by atoms with Crippen molar-refractivity contribution in [3.05, 3.63) is 33.3 Å². The second-order valence-corrected chi connectivity index (χ2v) is 5.42. The molecule has 1 aromatic rings.